The van der Waals surface area contributed by atoms with Gasteiger partial charge in [-0.05, 0) is 17.9 Å². The Bertz CT molecular complexity index is 248. The third-order valence-corrected chi connectivity index (χ3v) is 2.25. The van der Waals surface area contributed by atoms with Crippen molar-refractivity contribution in [2.75, 3.05) is 0 Å². The van der Waals surface area contributed by atoms with E-state index in [-0.39, 0.29) is 0 Å². The summed E-state index contributed by atoms with van der Waals surface area (Å²) in [7, 11) is 0. The zero-order chi connectivity index (χ0) is 8.97. The Morgan fingerprint density at radius 3 is 2.33 bits per heavy atom. The van der Waals surface area contributed by atoms with Crippen LogP contribution in [0.5, 0.6) is 0 Å². The summed E-state index contributed by atoms with van der Waals surface area (Å²) in [5.74, 6) is 0.589. The first-order valence-corrected chi connectivity index (χ1v) is 4.33. The largest absolute Gasteiger partial charge is 0.298 e. The molecule has 0 aliphatic rings. The van der Waals surface area contributed by atoms with Crippen molar-refractivity contribution in [2.24, 2.45) is 0 Å². The molecule has 0 aromatic heterocycles. The predicted octanol–water partition coefficient (Wildman–Crippen LogP) is 3.01. The number of rotatable bonds is 3. The lowest BCUT2D eigenvalue weighted by molar-refractivity contribution is 0.112. The van der Waals surface area contributed by atoms with Crippen molar-refractivity contribution in [2.45, 2.75) is 26.2 Å². The van der Waals surface area contributed by atoms with Gasteiger partial charge in [-0.25, -0.2) is 0 Å². The smallest absolute Gasteiger partial charge is 0.150 e. The maximum absolute atomic E-state index is 10.4. The van der Waals surface area contributed by atoms with Crippen LogP contribution in [-0.2, 0) is 0 Å². The molecule has 0 unspecified atom stereocenters. The fraction of sp³-hybridized carbons (Fsp3) is 0.364. The lowest BCUT2D eigenvalue weighted by Crippen LogP contribution is -1.91. The van der Waals surface area contributed by atoms with Crippen molar-refractivity contribution in [1.29, 1.82) is 0 Å². The van der Waals surface area contributed by atoms with E-state index in [9.17, 15) is 4.79 Å². The summed E-state index contributed by atoms with van der Waals surface area (Å²) in [6.45, 7) is 4.36. The van der Waals surface area contributed by atoms with Crippen LogP contribution in [0.25, 0.3) is 0 Å². The Balaban J connectivity index is 2.84. The zero-order valence-electron chi connectivity index (χ0n) is 7.58. The van der Waals surface area contributed by atoms with Gasteiger partial charge in [-0.15, -0.1) is 0 Å². The van der Waals surface area contributed by atoms with Crippen molar-refractivity contribution in [3.8, 4) is 0 Å². The van der Waals surface area contributed by atoms with Gasteiger partial charge in [-0.2, -0.15) is 0 Å². The number of hydrogen-bond acceptors (Lipinski definition) is 1. The molecule has 1 aromatic rings. The Labute approximate surface area is 73.4 Å². The van der Waals surface area contributed by atoms with Crippen LogP contribution in [0.4, 0.5) is 0 Å². The summed E-state index contributed by atoms with van der Waals surface area (Å²) in [6.07, 6.45) is 2.01. The van der Waals surface area contributed by atoms with Gasteiger partial charge >= 0.3 is 0 Å². The van der Waals surface area contributed by atoms with E-state index in [1.807, 2.05) is 24.3 Å². The van der Waals surface area contributed by atoms with Crippen molar-refractivity contribution in [1.82, 2.24) is 0 Å². The van der Waals surface area contributed by atoms with E-state index in [0.717, 1.165) is 18.3 Å². The molecule has 1 atom stereocenters. The van der Waals surface area contributed by atoms with Gasteiger partial charge < -0.3 is 0 Å². The average Bonchev–Trinajstić information content (AvgIpc) is 2.17. The molecule has 0 fully saturated rings. The van der Waals surface area contributed by atoms with Gasteiger partial charge in [0, 0.05) is 5.56 Å². The van der Waals surface area contributed by atoms with E-state index < -0.39 is 0 Å². The predicted molar refractivity (Wildman–Crippen MR) is 50.5 cm³/mol. The van der Waals surface area contributed by atoms with Crippen molar-refractivity contribution < 1.29 is 4.79 Å². The lowest BCUT2D eigenvalue weighted by Gasteiger charge is -2.07. The van der Waals surface area contributed by atoms with E-state index in [1.165, 1.54) is 5.56 Å². The molecule has 0 spiro atoms. The second-order valence-corrected chi connectivity index (χ2v) is 3.09. The molecule has 0 radical (unpaired) electrons. The molecule has 1 aromatic carbocycles. The van der Waals surface area contributed by atoms with Crippen LogP contribution in [0, 0.1) is 0 Å². The highest BCUT2D eigenvalue weighted by Gasteiger charge is 2.01. The molecule has 0 saturated carbocycles. The van der Waals surface area contributed by atoms with E-state index in [0.29, 0.717) is 5.92 Å². The van der Waals surface area contributed by atoms with Crippen LogP contribution >= 0.6 is 0 Å². The van der Waals surface area contributed by atoms with Crippen molar-refractivity contribution in [3.05, 3.63) is 35.4 Å². The zero-order valence-corrected chi connectivity index (χ0v) is 7.58. The summed E-state index contributed by atoms with van der Waals surface area (Å²) in [5.41, 5.74) is 2.06. The van der Waals surface area contributed by atoms with Crippen LogP contribution in [0.3, 0.4) is 0 Å². The Kier molecular flexibility index (Phi) is 3.03. The summed E-state index contributed by atoms with van der Waals surface area (Å²) in [6, 6.07) is 7.79. The number of aldehydes is 1. The SMILES string of the molecule is CC[C@H](C)c1ccc(C=O)cc1. The summed E-state index contributed by atoms with van der Waals surface area (Å²) in [5, 5.41) is 0. The van der Waals surface area contributed by atoms with Crippen LogP contribution in [-0.4, -0.2) is 6.29 Å². The molecule has 1 nitrogen and oxygen atoms in total. The minimum absolute atomic E-state index is 0.589. The Morgan fingerprint density at radius 2 is 1.92 bits per heavy atom. The van der Waals surface area contributed by atoms with E-state index in [1.54, 1.807) is 0 Å². The number of carbonyl (C=O) groups is 1. The summed E-state index contributed by atoms with van der Waals surface area (Å²) >= 11 is 0. The molecule has 0 saturated heterocycles. The van der Waals surface area contributed by atoms with Gasteiger partial charge in [0.1, 0.15) is 6.29 Å². The van der Waals surface area contributed by atoms with Crippen LogP contribution in [0.1, 0.15) is 42.1 Å². The van der Waals surface area contributed by atoms with Crippen LogP contribution in [0.15, 0.2) is 24.3 Å². The lowest BCUT2D eigenvalue weighted by atomic mass is 9.98. The third kappa shape index (κ3) is 1.94. The summed E-state index contributed by atoms with van der Waals surface area (Å²) < 4.78 is 0. The molecule has 0 amide bonds. The molecule has 64 valence electrons. The molecule has 1 heteroatoms. The maximum atomic E-state index is 10.4. The fourth-order valence-electron chi connectivity index (χ4n) is 1.14. The van der Waals surface area contributed by atoms with Gasteiger partial charge in [0.15, 0.2) is 0 Å². The standard InChI is InChI=1S/C11H14O/c1-3-9(2)11-6-4-10(8-12)5-7-11/h4-9H,3H2,1-2H3/t9-/m0/s1. The van der Waals surface area contributed by atoms with Gasteiger partial charge in [-0.1, -0.05) is 38.1 Å². The minimum atomic E-state index is 0.589. The molecule has 0 bridgehead atoms. The number of hydrogen-bond donors (Lipinski definition) is 0. The van der Waals surface area contributed by atoms with Gasteiger partial charge in [0.2, 0.25) is 0 Å². The molecule has 0 heterocycles. The highest BCUT2D eigenvalue weighted by molar-refractivity contribution is 5.74. The second-order valence-electron chi connectivity index (χ2n) is 3.09. The normalized spacial score (nSPS) is 12.5. The highest BCUT2D eigenvalue weighted by Crippen LogP contribution is 2.18. The monoisotopic (exact) mass is 162 g/mol. The summed E-state index contributed by atoms with van der Waals surface area (Å²) in [4.78, 5) is 10.4. The topological polar surface area (TPSA) is 17.1 Å². The van der Waals surface area contributed by atoms with E-state index in [2.05, 4.69) is 13.8 Å². The molecule has 0 aliphatic carbocycles. The quantitative estimate of drug-likeness (QED) is 0.624. The first-order valence-electron chi connectivity index (χ1n) is 4.33. The highest BCUT2D eigenvalue weighted by atomic mass is 16.1. The first kappa shape index (κ1) is 8.98. The fourth-order valence-corrected chi connectivity index (χ4v) is 1.14. The van der Waals surface area contributed by atoms with Crippen molar-refractivity contribution in [3.63, 3.8) is 0 Å². The van der Waals surface area contributed by atoms with Gasteiger partial charge in [0.05, 0.1) is 0 Å². The maximum Gasteiger partial charge on any atom is 0.150 e. The van der Waals surface area contributed by atoms with Crippen LogP contribution in [0.2, 0.25) is 0 Å². The number of benzene rings is 1. The Morgan fingerprint density at radius 1 is 1.33 bits per heavy atom. The van der Waals surface area contributed by atoms with E-state index in [4.69, 9.17) is 0 Å². The molecular formula is C11H14O. The molecule has 0 N–H and O–H groups in total. The molecular weight excluding hydrogens is 148 g/mol. The molecule has 0 aliphatic heterocycles. The minimum Gasteiger partial charge on any atom is -0.298 e. The van der Waals surface area contributed by atoms with Crippen LogP contribution < -0.4 is 0 Å². The average molecular weight is 162 g/mol. The molecule has 12 heavy (non-hydrogen) atoms. The van der Waals surface area contributed by atoms with Gasteiger partial charge in [-0.3, -0.25) is 4.79 Å². The third-order valence-electron chi connectivity index (χ3n) is 2.25. The number of carbonyl (C=O) groups excluding carboxylic acids is 1. The van der Waals surface area contributed by atoms with E-state index >= 15 is 0 Å². The first-order chi connectivity index (χ1) is 5.77. The Hall–Kier alpha value is -1.11. The van der Waals surface area contributed by atoms with Gasteiger partial charge in [0.25, 0.3) is 0 Å². The molecule has 1 rings (SSSR count). The second kappa shape index (κ2) is 4.05. The van der Waals surface area contributed by atoms with Crippen molar-refractivity contribution >= 4 is 6.29 Å².